The molecule has 6 atom stereocenters. The first-order valence-corrected chi connectivity index (χ1v) is 13.3. The first kappa shape index (κ1) is 23.3. The molecule has 2 fully saturated rings. The first-order chi connectivity index (χ1) is 17.5. The van der Waals surface area contributed by atoms with Crippen molar-refractivity contribution in [2.75, 3.05) is 0 Å². The fourth-order valence-corrected chi connectivity index (χ4v) is 7.24. The van der Waals surface area contributed by atoms with Crippen molar-refractivity contribution in [1.82, 2.24) is 0 Å². The van der Waals surface area contributed by atoms with E-state index >= 15 is 0 Å². The predicted molar refractivity (Wildman–Crippen MR) is 139 cm³/mol. The summed E-state index contributed by atoms with van der Waals surface area (Å²) in [4.78, 5) is 12.7. The number of aliphatic hydroxyl groups is 1. The lowest BCUT2D eigenvalue weighted by Gasteiger charge is -2.49. The average molecular weight is 483 g/mol. The van der Waals surface area contributed by atoms with Gasteiger partial charge in [-0.15, -0.1) is 0 Å². The molecule has 3 aliphatic rings. The van der Waals surface area contributed by atoms with E-state index in [9.17, 15) is 9.90 Å². The van der Waals surface area contributed by atoms with Gasteiger partial charge in [-0.05, 0) is 90.8 Å². The second-order valence-corrected chi connectivity index (χ2v) is 11.1. The van der Waals surface area contributed by atoms with Crippen LogP contribution in [0.25, 0.3) is 0 Å². The molecule has 0 amide bonds. The minimum Gasteiger partial charge on any atom is -0.489 e. The highest BCUT2D eigenvalue weighted by Crippen LogP contribution is 2.61. The zero-order valence-electron chi connectivity index (χ0n) is 20.8. The van der Waals surface area contributed by atoms with Crippen molar-refractivity contribution in [2.45, 2.75) is 63.8 Å². The van der Waals surface area contributed by atoms with Gasteiger partial charge in [-0.3, -0.25) is 0 Å². The number of esters is 1. The number of aryl methyl sites for hydroxylation is 1. The monoisotopic (exact) mass is 482 g/mol. The molecule has 186 valence electrons. The van der Waals surface area contributed by atoms with Gasteiger partial charge in [0.1, 0.15) is 18.5 Å². The van der Waals surface area contributed by atoms with Gasteiger partial charge in [0.2, 0.25) is 0 Å². The van der Waals surface area contributed by atoms with Crippen molar-refractivity contribution in [3.05, 3.63) is 101 Å². The summed E-state index contributed by atoms with van der Waals surface area (Å²) in [5.41, 5.74) is 4.35. The maximum atomic E-state index is 12.7. The molecule has 0 spiro atoms. The lowest BCUT2D eigenvalue weighted by molar-refractivity contribution is -0.0583. The van der Waals surface area contributed by atoms with Crippen LogP contribution in [0.4, 0.5) is 0 Å². The van der Waals surface area contributed by atoms with Gasteiger partial charge >= 0.3 is 5.97 Å². The summed E-state index contributed by atoms with van der Waals surface area (Å²) >= 11 is 0. The van der Waals surface area contributed by atoms with Gasteiger partial charge in [0, 0.05) is 5.41 Å². The minimum atomic E-state index is -0.619. The van der Waals surface area contributed by atoms with Crippen LogP contribution in [0.5, 0.6) is 5.75 Å². The van der Waals surface area contributed by atoms with Crippen LogP contribution in [-0.4, -0.2) is 23.3 Å². The smallest absolute Gasteiger partial charge is 0.338 e. The second kappa shape index (κ2) is 9.40. The Morgan fingerprint density at radius 2 is 1.75 bits per heavy atom. The number of ether oxygens (including phenoxy) is 2. The maximum Gasteiger partial charge on any atom is 0.338 e. The Hall–Kier alpha value is -3.11. The van der Waals surface area contributed by atoms with Crippen molar-refractivity contribution in [1.29, 1.82) is 0 Å². The van der Waals surface area contributed by atoms with Crippen LogP contribution in [0.15, 0.2) is 78.9 Å². The van der Waals surface area contributed by atoms with Crippen molar-refractivity contribution in [2.24, 2.45) is 17.3 Å². The van der Waals surface area contributed by atoms with Gasteiger partial charge < -0.3 is 14.6 Å². The summed E-state index contributed by atoms with van der Waals surface area (Å²) in [6.45, 7) is 2.79. The van der Waals surface area contributed by atoms with Crippen molar-refractivity contribution < 1.29 is 19.4 Å². The van der Waals surface area contributed by atoms with E-state index in [1.807, 2.05) is 36.4 Å². The van der Waals surface area contributed by atoms with Crippen molar-refractivity contribution in [3.63, 3.8) is 0 Å². The Kier molecular flexibility index (Phi) is 6.08. The molecule has 36 heavy (non-hydrogen) atoms. The normalized spacial score (nSPS) is 30.6. The van der Waals surface area contributed by atoms with Crippen LogP contribution in [0.2, 0.25) is 0 Å². The Morgan fingerprint density at radius 1 is 1.00 bits per heavy atom. The van der Waals surface area contributed by atoms with Crippen LogP contribution < -0.4 is 4.74 Å². The highest BCUT2D eigenvalue weighted by molar-refractivity contribution is 5.89. The Labute approximate surface area is 213 Å². The molecule has 1 N–H and O–H groups in total. The quantitative estimate of drug-likeness (QED) is 0.433. The zero-order valence-corrected chi connectivity index (χ0v) is 20.8. The molecule has 4 heteroatoms. The van der Waals surface area contributed by atoms with Crippen LogP contribution in [0.3, 0.4) is 0 Å². The number of hydrogen-bond donors (Lipinski definition) is 1. The third-order valence-corrected chi connectivity index (χ3v) is 9.17. The number of rotatable bonds is 5. The summed E-state index contributed by atoms with van der Waals surface area (Å²) in [6.07, 6.45) is 3.82. The lowest BCUT2D eigenvalue weighted by Crippen LogP contribution is -2.45. The topological polar surface area (TPSA) is 55.8 Å². The van der Waals surface area contributed by atoms with Gasteiger partial charge in [-0.1, -0.05) is 61.5 Å². The van der Waals surface area contributed by atoms with Gasteiger partial charge in [0.15, 0.2) is 0 Å². The van der Waals surface area contributed by atoms with E-state index in [1.165, 1.54) is 16.7 Å². The number of fused-ring (bicyclic) bond motifs is 5. The summed E-state index contributed by atoms with van der Waals surface area (Å²) in [6, 6.07) is 26.0. The summed E-state index contributed by atoms with van der Waals surface area (Å²) < 4.78 is 12.0. The zero-order chi connectivity index (χ0) is 24.7. The lowest BCUT2D eigenvalue weighted by atomic mass is 9.55. The fourth-order valence-electron chi connectivity index (χ4n) is 7.24. The van der Waals surface area contributed by atoms with E-state index in [0.29, 0.717) is 29.9 Å². The Morgan fingerprint density at radius 3 is 2.53 bits per heavy atom. The highest BCUT2D eigenvalue weighted by Gasteiger charge is 2.59. The molecular weight excluding hydrogens is 448 g/mol. The van der Waals surface area contributed by atoms with E-state index in [1.54, 1.807) is 12.1 Å². The number of carbonyl (C=O) groups is 1. The molecule has 3 aliphatic carbocycles. The fraction of sp³-hybridized carbons (Fsp3) is 0.406. The van der Waals surface area contributed by atoms with Gasteiger partial charge in [-0.25, -0.2) is 4.79 Å². The third kappa shape index (κ3) is 4.12. The number of benzene rings is 3. The molecule has 6 rings (SSSR count). The minimum absolute atomic E-state index is 0.209. The molecule has 0 aromatic heterocycles. The van der Waals surface area contributed by atoms with Crippen molar-refractivity contribution in [3.8, 4) is 5.75 Å². The van der Waals surface area contributed by atoms with Crippen LogP contribution in [-0.2, 0) is 17.8 Å². The molecule has 0 radical (unpaired) electrons. The standard InChI is InChI=1S/C32H34O4/c1-32-17-16-26-25-15-13-24(35-20-21-8-4-2-5-9-21)18-23(25)12-14-27(26)28(32)19-29(30(32)33)36-31(34)22-10-6-3-7-11-22/h2-11,13,15,18,26-30,33H,12,14,16-17,19-20H2,1H3/t26-,27-,28+,29+,30+,32+/m0/s1. The predicted octanol–water partition coefficient (Wildman–Crippen LogP) is 6.32. The molecular formula is C32H34O4. The SMILES string of the molecule is C[C@@]12CC[C@H]3c4ccc(OCc5ccccc5)cc4CC[C@@H]3[C@H]1C[C@@H](OC(=O)c1ccccc1)[C@H]2O. The number of hydrogen-bond acceptors (Lipinski definition) is 4. The summed E-state index contributed by atoms with van der Waals surface area (Å²) in [5.74, 6) is 1.94. The average Bonchev–Trinajstić information content (AvgIpc) is 3.18. The molecule has 3 aromatic carbocycles. The number of carbonyl (C=O) groups excluding carboxylic acids is 1. The van der Waals surface area contributed by atoms with Crippen LogP contribution in [0, 0.1) is 17.3 Å². The van der Waals surface area contributed by atoms with E-state index in [4.69, 9.17) is 9.47 Å². The van der Waals surface area contributed by atoms with Crippen LogP contribution >= 0.6 is 0 Å². The summed E-state index contributed by atoms with van der Waals surface area (Å²) in [7, 11) is 0. The molecule has 2 saturated carbocycles. The number of aliphatic hydroxyl groups excluding tert-OH is 1. The molecule has 0 heterocycles. The largest absolute Gasteiger partial charge is 0.489 e. The van der Waals surface area contributed by atoms with Gasteiger partial charge in [0.25, 0.3) is 0 Å². The highest BCUT2D eigenvalue weighted by atomic mass is 16.6. The third-order valence-electron chi connectivity index (χ3n) is 9.17. The van der Waals surface area contributed by atoms with E-state index < -0.39 is 12.2 Å². The molecule has 0 aliphatic heterocycles. The molecule has 0 unspecified atom stereocenters. The van der Waals surface area contributed by atoms with Crippen molar-refractivity contribution >= 4 is 5.97 Å². The van der Waals surface area contributed by atoms with E-state index in [2.05, 4.69) is 37.3 Å². The van der Waals surface area contributed by atoms with Gasteiger partial charge in [0.05, 0.1) is 11.7 Å². The maximum absolute atomic E-state index is 12.7. The molecule has 0 bridgehead atoms. The molecule has 3 aromatic rings. The molecule has 0 saturated heterocycles. The summed E-state index contributed by atoms with van der Waals surface area (Å²) in [5, 5.41) is 11.3. The van der Waals surface area contributed by atoms with Crippen LogP contribution in [0.1, 0.15) is 65.6 Å². The second-order valence-electron chi connectivity index (χ2n) is 11.1. The van der Waals surface area contributed by atoms with Gasteiger partial charge in [-0.2, -0.15) is 0 Å². The Balaban J connectivity index is 1.17. The molecule has 4 nitrogen and oxygen atoms in total. The Bertz CT molecular complexity index is 1220. The van der Waals surface area contributed by atoms with E-state index in [0.717, 1.165) is 37.9 Å². The van der Waals surface area contributed by atoms with E-state index in [-0.39, 0.29) is 11.4 Å². The first-order valence-electron chi connectivity index (χ1n) is 13.3.